The first-order valence-corrected chi connectivity index (χ1v) is 6.34. The molecule has 0 atom stereocenters. The SMILES string of the molecule is COCCCNC(=O)c1ccc(-c2ccccc2F)o1. The molecule has 1 N–H and O–H groups in total. The third-order valence-corrected chi connectivity index (χ3v) is 2.78. The summed E-state index contributed by atoms with van der Waals surface area (Å²) in [5, 5.41) is 2.71. The number of rotatable bonds is 6. The van der Waals surface area contributed by atoms with Crippen LogP contribution < -0.4 is 5.32 Å². The van der Waals surface area contributed by atoms with Crippen molar-refractivity contribution in [2.24, 2.45) is 0 Å². The normalized spacial score (nSPS) is 10.5. The van der Waals surface area contributed by atoms with E-state index < -0.39 is 0 Å². The molecule has 1 aromatic heterocycles. The molecule has 20 heavy (non-hydrogen) atoms. The lowest BCUT2D eigenvalue weighted by molar-refractivity contribution is 0.0921. The molecule has 106 valence electrons. The molecule has 1 aromatic carbocycles. The van der Waals surface area contributed by atoms with Crippen LogP contribution in [-0.2, 0) is 4.74 Å². The second kappa shape index (κ2) is 6.86. The highest BCUT2D eigenvalue weighted by Crippen LogP contribution is 2.24. The van der Waals surface area contributed by atoms with E-state index >= 15 is 0 Å². The Bertz CT molecular complexity index is 580. The molecule has 0 aliphatic rings. The minimum atomic E-state index is -0.381. The van der Waals surface area contributed by atoms with Crippen LogP contribution in [0.3, 0.4) is 0 Å². The van der Waals surface area contributed by atoms with Crippen molar-refractivity contribution < 1.29 is 18.3 Å². The lowest BCUT2D eigenvalue weighted by atomic mass is 10.1. The summed E-state index contributed by atoms with van der Waals surface area (Å²) in [6, 6.07) is 9.39. The van der Waals surface area contributed by atoms with Crippen LogP contribution >= 0.6 is 0 Å². The Kier molecular flexibility index (Phi) is 4.90. The lowest BCUT2D eigenvalue weighted by Gasteiger charge is -2.02. The largest absolute Gasteiger partial charge is 0.451 e. The topological polar surface area (TPSA) is 51.5 Å². The van der Waals surface area contributed by atoms with E-state index in [0.717, 1.165) is 6.42 Å². The Morgan fingerprint density at radius 1 is 1.30 bits per heavy atom. The highest BCUT2D eigenvalue weighted by Gasteiger charge is 2.13. The molecule has 4 nitrogen and oxygen atoms in total. The molecule has 1 amide bonds. The molecule has 0 aliphatic carbocycles. The highest BCUT2D eigenvalue weighted by atomic mass is 19.1. The molecule has 0 spiro atoms. The number of hydrogen-bond donors (Lipinski definition) is 1. The summed E-state index contributed by atoms with van der Waals surface area (Å²) in [6.07, 6.45) is 0.725. The van der Waals surface area contributed by atoms with Crippen molar-refractivity contribution in [2.75, 3.05) is 20.3 Å². The summed E-state index contributed by atoms with van der Waals surface area (Å²) in [5.74, 6) is -0.191. The van der Waals surface area contributed by atoms with E-state index in [1.165, 1.54) is 12.1 Å². The number of ether oxygens (including phenoxy) is 1. The van der Waals surface area contributed by atoms with Crippen LogP contribution in [0.1, 0.15) is 17.0 Å². The van der Waals surface area contributed by atoms with Crippen LogP contribution in [0.15, 0.2) is 40.8 Å². The number of amides is 1. The zero-order chi connectivity index (χ0) is 14.4. The van der Waals surface area contributed by atoms with Gasteiger partial charge in [0.15, 0.2) is 5.76 Å². The smallest absolute Gasteiger partial charge is 0.287 e. The number of carbonyl (C=O) groups is 1. The number of furan rings is 1. The Hall–Kier alpha value is -2.14. The van der Waals surface area contributed by atoms with E-state index in [9.17, 15) is 9.18 Å². The molecule has 2 rings (SSSR count). The minimum absolute atomic E-state index is 0.167. The molecule has 0 saturated carbocycles. The summed E-state index contributed by atoms with van der Waals surface area (Å²) >= 11 is 0. The molecular weight excluding hydrogens is 261 g/mol. The van der Waals surface area contributed by atoms with Gasteiger partial charge in [-0.05, 0) is 30.7 Å². The molecule has 5 heteroatoms. The summed E-state index contributed by atoms with van der Waals surface area (Å²) in [4.78, 5) is 11.8. The number of methoxy groups -OCH3 is 1. The second-order valence-electron chi connectivity index (χ2n) is 4.25. The second-order valence-corrected chi connectivity index (χ2v) is 4.25. The van der Waals surface area contributed by atoms with Gasteiger partial charge in [0.2, 0.25) is 0 Å². The number of benzene rings is 1. The van der Waals surface area contributed by atoms with Crippen molar-refractivity contribution >= 4 is 5.91 Å². The number of halogens is 1. The van der Waals surface area contributed by atoms with Crippen molar-refractivity contribution in [2.45, 2.75) is 6.42 Å². The van der Waals surface area contributed by atoms with Gasteiger partial charge in [-0.25, -0.2) is 4.39 Å². The van der Waals surface area contributed by atoms with E-state index in [0.29, 0.717) is 24.5 Å². The van der Waals surface area contributed by atoms with Gasteiger partial charge in [-0.1, -0.05) is 12.1 Å². The predicted octanol–water partition coefficient (Wildman–Crippen LogP) is 2.85. The standard InChI is InChI=1S/C15H16FNO3/c1-19-10-4-9-17-15(18)14-8-7-13(20-14)11-5-2-3-6-12(11)16/h2-3,5-8H,4,9-10H2,1H3,(H,17,18). The summed E-state index contributed by atoms with van der Waals surface area (Å²) in [7, 11) is 1.61. The van der Waals surface area contributed by atoms with Gasteiger partial charge in [0, 0.05) is 20.3 Å². The first-order valence-electron chi connectivity index (χ1n) is 6.34. The fraction of sp³-hybridized carbons (Fsp3) is 0.267. The maximum atomic E-state index is 13.6. The quantitative estimate of drug-likeness (QED) is 0.826. The average molecular weight is 277 g/mol. The van der Waals surface area contributed by atoms with Crippen LogP contribution in [0, 0.1) is 5.82 Å². The van der Waals surface area contributed by atoms with E-state index in [4.69, 9.17) is 9.15 Å². The fourth-order valence-electron chi connectivity index (χ4n) is 1.77. The monoisotopic (exact) mass is 277 g/mol. The van der Waals surface area contributed by atoms with Crippen molar-refractivity contribution in [3.05, 3.63) is 48.0 Å². The van der Waals surface area contributed by atoms with Gasteiger partial charge < -0.3 is 14.5 Å². The number of nitrogens with one attached hydrogen (secondary N) is 1. The minimum Gasteiger partial charge on any atom is -0.451 e. The Morgan fingerprint density at radius 2 is 2.10 bits per heavy atom. The van der Waals surface area contributed by atoms with Crippen LogP contribution in [-0.4, -0.2) is 26.2 Å². The first kappa shape index (κ1) is 14.3. The number of hydrogen-bond acceptors (Lipinski definition) is 3. The van der Waals surface area contributed by atoms with Crippen molar-refractivity contribution in [1.29, 1.82) is 0 Å². The number of carbonyl (C=O) groups excluding carboxylic acids is 1. The maximum Gasteiger partial charge on any atom is 0.287 e. The molecule has 0 bridgehead atoms. The van der Waals surface area contributed by atoms with Gasteiger partial charge in [-0.2, -0.15) is 0 Å². The molecule has 1 heterocycles. The van der Waals surface area contributed by atoms with Gasteiger partial charge in [0.25, 0.3) is 5.91 Å². The van der Waals surface area contributed by atoms with Gasteiger partial charge in [0.05, 0.1) is 5.56 Å². The summed E-state index contributed by atoms with van der Waals surface area (Å²) in [5.41, 5.74) is 0.339. The molecule has 0 fully saturated rings. The van der Waals surface area contributed by atoms with E-state index in [-0.39, 0.29) is 17.5 Å². The summed E-state index contributed by atoms with van der Waals surface area (Å²) < 4.78 is 23.9. The van der Waals surface area contributed by atoms with E-state index in [2.05, 4.69) is 5.32 Å². The predicted molar refractivity (Wildman–Crippen MR) is 72.9 cm³/mol. The van der Waals surface area contributed by atoms with Crippen LogP contribution in [0.4, 0.5) is 4.39 Å². The zero-order valence-electron chi connectivity index (χ0n) is 11.2. The van der Waals surface area contributed by atoms with Crippen LogP contribution in [0.5, 0.6) is 0 Å². The van der Waals surface area contributed by atoms with Crippen LogP contribution in [0.2, 0.25) is 0 Å². The van der Waals surface area contributed by atoms with Gasteiger partial charge in [-0.3, -0.25) is 4.79 Å². The molecule has 0 radical (unpaired) electrons. The van der Waals surface area contributed by atoms with Crippen molar-refractivity contribution in [1.82, 2.24) is 5.32 Å². The molecule has 0 aliphatic heterocycles. The third-order valence-electron chi connectivity index (χ3n) is 2.78. The fourth-order valence-corrected chi connectivity index (χ4v) is 1.77. The van der Waals surface area contributed by atoms with Gasteiger partial charge in [0.1, 0.15) is 11.6 Å². The highest BCUT2D eigenvalue weighted by molar-refractivity contribution is 5.92. The van der Waals surface area contributed by atoms with Crippen molar-refractivity contribution in [3.63, 3.8) is 0 Å². The van der Waals surface area contributed by atoms with E-state index in [1.54, 1.807) is 31.4 Å². The molecular formula is C15H16FNO3. The van der Waals surface area contributed by atoms with Gasteiger partial charge >= 0.3 is 0 Å². The van der Waals surface area contributed by atoms with Crippen LogP contribution in [0.25, 0.3) is 11.3 Å². The van der Waals surface area contributed by atoms with E-state index in [1.807, 2.05) is 0 Å². The maximum absolute atomic E-state index is 13.6. The Balaban J connectivity index is 2.02. The third kappa shape index (κ3) is 3.45. The Labute approximate surface area is 116 Å². The molecule has 2 aromatic rings. The Morgan fingerprint density at radius 3 is 2.85 bits per heavy atom. The zero-order valence-corrected chi connectivity index (χ0v) is 11.2. The van der Waals surface area contributed by atoms with Crippen molar-refractivity contribution in [3.8, 4) is 11.3 Å². The molecule has 0 saturated heterocycles. The molecule has 0 unspecified atom stereocenters. The summed E-state index contributed by atoms with van der Waals surface area (Å²) in [6.45, 7) is 1.08. The van der Waals surface area contributed by atoms with Gasteiger partial charge in [-0.15, -0.1) is 0 Å². The first-order chi connectivity index (χ1) is 9.72. The average Bonchev–Trinajstić information content (AvgIpc) is 2.93. The lowest BCUT2D eigenvalue weighted by Crippen LogP contribution is -2.24.